The second-order valence-corrected chi connectivity index (χ2v) is 4.82. The van der Waals surface area contributed by atoms with Crippen LogP contribution in [0.2, 0.25) is 0 Å². The van der Waals surface area contributed by atoms with Crippen molar-refractivity contribution in [2.75, 3.05) is 19.6 Å². The minimum absolute atomic E-state index is 1.23. The van der Waals surface area contributed by atoms with Gasteiger partial charge in [0.25, 0.3) is 0 Å². The van der Waals surface area contributed by atoms with Crippen molar-refractivity contribution < 1.29 is 0 Å². The molecule has 15 heavy (non-hydrogen) atoms. The van der Waals surface area contributed by atoms with Gasteiger partial charge in [-0.1, -0.05) is 12.5 Å². The Bertz CT molecular complexity index is 298. The molecule has 0 atom stereocenters. The molecule has 0 aromatic rings. The van der Waals surface area contributed by atoms with Crippen LogP contribution in [0.15, 0.2) is 23.4 Å². The average molecular weight is 204 g/mol. The fraction of sp³-hybridized carbons (Fsp3) is 0.692. The Hall–Kier alpha value is -0.760. The minimum Gasteiger partial charge on any atom is -0.306 e. The van der Waals surface area contributed by atoms with Crippen molar-refractivity contribution in [3.8, 4) is 0 Å². The second-order valence-electron chi connectivity index (χ2n) is 4.82. The van der Waals surface area contributed by atoms with Gasteiger partial charge in [-0.2, -0.15) is 0 Å². The summed E-state index contributed by atoms with van der Waals surface area (Å²) >= 11 is 0. The molecule has 3 rings (SSSR count). The Morgan fingerprint density at radius 3 is 2.67 bits per heavy atom. The van der Waals surface area contributed by atoms with Gasteiger partial charge in [-0.15, -0.1) is 0 Å². The van der Waals surface area contributed by atoms with Gasteiger partial charge in [0.2, 0.25) is 0 Å². The number of hydrogen-bond donors (Lipinski definition) is 0. The molecule has 0 saturated carbocycles. The number of rotatable bonds is 1. The zero-order valence-corrected chi connectivity index (χ0v) is 9.41. The summed E-state index contributed by atoms with van der Waals surface area (Å²) in [5, 5.41) is 5.12. The highest BCUT2D eigenvalue weighted by Gasteiger charge is 2.27. The highest BCUT2D eigenvalue weighted by molar-refractivity contribution is 5.31. The first kappa shape index (κ1) is 9.46. The van der Waals surface area contributed by atoms with Crippen LogP contribution in [0.3, 0.4) is 0 Å². The fourth-order valence-corrected chi connectivity index (χ4v) is 2.99. The van der Waals surface area contributed by atoms with Gasteiger partial charge in [-0.3, -0.25) is 0 Å². The van der Waals surface area contributed by atoms with Crippen LogP contribution in [0, 0.1) is 0 Å². The van der Waals surface area contributed by atoms with Crippen LogP contribution in [0.1, 0.15) is 38.5 Å². The van der Waals surface area contributed by atoms with E-state index in [1.807, 2.05) is 0 Å². The first-order chi connectivity index (χ1) is 7.45. The molecule has 2 heteroatoms. The van der Waals surface area contributed by atoms with Crippen molar-refractivity contribution in [2.45, 2.75) is 38.5 Å². The number of piperidine rings is 1. The van der Waals surface area contributed by atoms with E-state index in [4.69, 9.17) is 0 Å². The van der Waals surface area contributed by atoms with E-state index in [0.717, 1.165) is 0 Å². The van der Waals surface area contributed by atoms with Gasteiger partial charge < -0.3 is 5.01 Å². The standard InChI is InChI=1S/C13H20N2/c1-4-9-14(10-5-1)15-11-8-12-6-2-3-7-13(12)15/h3,7H,1-2,4-6,8-11H2. The highest BCUT2D eigenvalue weighted by Crippen LogP contribution is 2.32. The van der Waals surface area contributed by atoms with Gasteiger partial charge in [-0.05, 0) is 43.8 Å². The molecule has 3 aliphatic rings. The summed E-state index contributed by atoms with van der Waals surface area (Å²) in [6, 6.07) is 0. The van der Waals surface area contributed by atoms with Gasteiger partial charge in [0.15, 0.2) is 0 Å². The monoisotopic (exact) mass is 204 g/mol. The van der Waals surface area contributed by atoms with Crippen molar-refractivity contribution in [3.05, 3.63) is 23.4 Å². The van der Waals surface area contributed by atoms with Gasteiger partial charge in [0, 0.05) is 19.6 Å². The molecule has 0 unspecified atom stereocenters. The topological polar surface area (TPSA) is 6.48 Å². The van der Waals surface area contributed by atoms with E-state index in [-0.39, 0.29) is 0 Å². The molecule has 0 radical (unpaired) electrons. The first-order valence-electron chi connectivity index (χ1n) is 6.36. The van der Waals surface area contributed by atoms with Crippen LogP contribution in [-0.2, 0) is 0 Å². The summed E-state index contributed by atoms with van der Waals surface area (Å²) in [4.78, 5) is 0. The molecule has 1 aliphatic carbocycles. The number of hydrazine groups is 1. The molecule has 2 nitrogen and oxygen atoms in total. The SMILES string of the molecule is C1=CC2=C(CC1)CCN2N1CCCCC1. The predicted molar refractivity (Wildman–Crippen MR) is 62.1 cm³/mol. The van der Waals surface area contributed by atoms with Crippen molar-refractivity contribution >= 4 is 0 Å². The predicted octanol–water partition coefficient (Wildman–Crippen LogP) is 2.70. The quantitative estimate of drug-likeness (QED) is 0.648. The molecule has 1 fully saturated rings. The summed E-state index contributed by atoms with van der Waals surface area (Å²) in [6.07, 6.45) is 12.7. The van der Waals surface area contributed by atoms with Gasteiger partial charge in [0.1, 0.15) is 0 Å². The number of allylic oxidation sites excluding steroid dienone is 2. The third kappa shape index (κ3) is 1.71. The molecular weight excluding hydrogens is 184 g/mol. The van der Waals surface area contributed by atoms with Crippen molar-refractivity contribution in [1.82, 2.24) is 10.0 Å². The maximum atomic E-state index is 2.57. The summed E-state index contributed by atoms with van der Waals surface area (Å²) < 4.78 is 0. The zero-order valence-electron chi connectivity index (χ0n) is 9.41. The Morgan fingerprint density at radius 1 is 0.933 bits per heavy atom. The van der Waals surface area contributed by atoms with Crippen LogP contribution < -0.4 is 0 Å². The van der Waals surface area contributed by atoms with E-state index in [9.17, 15) is 0 Å². The Morgan fingerprint density at radius 2 is 1.80 bits per heavy atom. The molecular formula is C13H20N2. The van der Waals surface area contributed by atoms with Crippen molar-refractivity contribution in [2.24, 2.45) is 0 Å². The average Bonchev–Trinajstić information content (AvgIpc) is 2.74. The lowest BCUT2D eigenvalue weighted by atomic mass is 10.0. The van der Waals surface area contributed by atoms with Crippen LogP contribution in [0.5, 0.6) is 0 Å². The van der Waals surface area contributed by atoms with Crippen molar-refractivity contribution in [1.29, 1.82) is 0 Å². The van der Waals surface area contributed by atoms with Crippen LogP contribution in [0.4, 0.5) is 0 Å². The largest absolute Gasteiger partial charge is 0.306 e. The zero-order chi connectivity index (χ0) is 10.1. The van der Waals surface area contributed by atoms with Gasteiger partial charge in [0.05, 0.1) is 5.70 Å². The van der Waals surface area contributed by atoms with E-state index in [0.29, 0.717) is 0 Å². The smallest absolute Gasteiger partial charge is 0.0511 e. The highest BCUT2D eigenvalue weighted by atomic mass is 15.6. The summed E-state index contributed by atoms with van der Waals surface area (Å²) in [6.45, 7) is 3.77. The molecule has 1 saturated heterocycles. The second kappa shape index (κ2) is 4.01. The molecule has 2 aliphatic heterocycles. The van der Waals surface area contributed by atoms with Gasteiger partial charge in [-0.25, -0.2) is 5.01 Å². The Balaban J connectivity index is 1.76. The molecule has 0 bridgehead atoms. The maximum absolute atomic E-state index is 2.57. The lowest BCUT2D eigenvalue weighted by Gasteiger charge is -2.37. The molecule has 2 heterocycles. The lowest BCUT2D eigenvalue weighted by molar-refractivity contribution is 0.00412. The number of nitrogens with zero attached hydrogens (tertiary/aromatic N) is 2. The van der Waals surface area contributed by atoms with Gasteiger partial charge >= 0.3 is 0 Å². The number of hydrogen-bond acceptors (Lipinski definition) is 2. The third-order valence-electron chi connectivity index (χ3n) is 3.83. The van der Waals surface area contributed by atoms with E-state index in [1.165, 1.54) is 63.9 Å². The molecule has 82 valence electrons. The van der Waals surface area contributed by atoms with E-state index in [1.54, 1.807) is 5.57 Å². The Labute approximate surface area is 92.2 Å². The lowest BCUT2D eigenvalue weighted by Crippen LogP contribution is -2.43. The van der Waals surface area contributed by atoms with Crippen LogP contribution in [-0.4, -0.2) is 29.7 Å². The van der Waals surface area contributed by atoms with E-state index < -0.39 is 0 Å². The summed E-state index contributed by atoms with van der Waals surface area (Å²) in [5.74, 6) is 0. The van der Waals surface area contributed by atoms with Crippen LogP contribution in [0.25, 0.3) is 0 Å². The fourth-order valence-electron chi connectivity index (χ4n) is 2.99. The maximum Gasteiger partial charge on any atom is 0.0511 e. The van der Waals surface area contributed by atoms with E-state index >= 15 is 0 Å². The third-order valence-corrected chi connectivity index (χ3v) is 3.83. The normalized spacial score (nSPS) is 27.3. The van der Waals surface area contributed by atoms with E-state index in [2.05, 4.69) is 22.2 Å². The summed E-state index contributed by atoms with van der Waals surface area (Å²) in [7, 11) is 0. The molecule has 0 N–H and O–H groups in total. The molecule has 0 amide bonds. The first-order valence-corrected chi connectivity index (χ1v) is 6.36. The van der Waals surface area contributed by atoms with Crippen LogP contribution >= 0.6 is 0 Å². The van der Waals surface area contributed by atoms with Crippen molar-refractivity contribution in [3.63, 3.8) is 0 Å². The minimum atomic E-state index is 1.23. The Kier molecular flexibility index (Phi) is 2.53. The molecule has 0 aromatic carbocycles. The summed E-state index contributed by atoms with van der Waals surface area (Å²) in [5.41, 5.74) is 3.23. The molecule has 0 spiro atoms. The molecule has 0 aromatic heterocycles.